The first-order chi connectivity index (χ1) is 29.7. The zero-order valence-electron chi connectivity index (χ0n) is 36.4. The largest absolute Gasteiger partial charge is 0.309 e. The molecule has 0 amide bonds. The van der Waals surface area contributed by atoms with Gasteiger partial charge in [0, 0.05) is 38.7 Å². The molecule has 0 saturated heterocycles. The summed E-state index contributed by atoms with van der Waals surface area (Å²) in [6.45, 7) is 30.3. The number of allylic oxidation sites excluding steroid dienone is 3. The van der Waals surface area contributed by atoms with Gasteiger partial charge >= 0.3 is 0 Å². The molecule has 8 aromatic rings. The number of rotatable bonds is 10. The van der Waals surface area contributed by atoms with Crippen LogP contribution in [0, 0.1) is 13.8 Å². The van der Waals surface area contributed by atoms with E-state index in [2.05, 4.69) is 203 Å². The van der Waals surface area contributed by atoms with Crippen LogP contribution < -0.4 is 4.90 Å². The quantitative estimate of drug-likeness (QED) is 0.125. The van der Waals surface area contributed by atoms with Crippen LogP contribution in [0.3, 0.4) is 0 Å². The Bertz CT molecular complexity index is 3060. The van der Waals surface area contributed by atoms with Gasteiger partial charge < -0.3 is 9.47 Å². The molecule has 2 nitrogen and oxygen atoms in total. The summed E-state index contributed by atoms with van der Waals surface area (Å²) in [5, 5.41) is 2.50. The molecule has 0 atom stereocenters. The van der Waals surface area contributed by atoms with Gasteiger partial charge in [0.2, 0.25) is 0 Å². The summed E-state index contributed by atoms with van der Waals surface area (Å²) >= 11 is 0. The van der Waals surface area contributed by atoms with Gasteiger partial charge in [0.25, 0.3) is 0 Å². The molecule has 9 rings (SSSR count). The Kier molecular flexibility index (Phi) is 11.0. The summed E-state index contributed by atoms with van der Waals surface area (Å²) < 4.78 is 2.39. The van der Waals surface area contributed by atoms with Crippen molar-refractivity contribution in [3.05, 3.63) is 223 Å². The van der Waals surface area contributed by atoms with Crippen molar-refractivity contribution in [1.29, 1.82) is 0 Å². The summed E-state index contributed by atoms with van der Waals surface area (Å²) in [6.07, 6.45) is 9.78. The van der Waals surface area contributed by atoms with Crippen molar-refractivity contribution in [1.82, 2.24) is 4.57 Å². The lowest BCUT2D eigenvalue weighted by molar-refractivity contribution is 0.660. The molecule has 0 fully saturated rings. The first-order valence-electron chi connectivity index (χ1n) is 21.3. The van der Waals surface area contributed by atoms with Crippen molar-refractivity contribution in [2.45, 2.75) is 47.0 Å². The predicted molar refractivity (Wildman–Crippen MR) is 267 cm³/mol. The van der Waals surface area contributed by atoms with Gasteiger partial charge in [0.05, 0.1) is 22.4 Å². The molecule has 0 aliphatic heterocycles. The standard InChI is InChI=1S/C57H48N2.C2H6/c1-9-21-41(10-2)58(52-29-20-23-38(6)55(52)45-26-17-16-22-37(45)5)54-36-50-56(44(12-4)43(54)11-3)48-33-31-39(34-49(48)57(50,7)8)40-30-32-47-46-27-18-19-28-51(46)59(53(47)35-40)42-24-14-13-15-25-42;1-2/h9-36H,1-4H2,5-8H3;1-2H3/b41-21+;. The minimum Gasteiger partial charge on any atom is -0.309 e. The van der Waals surface area contributed by atoms with Gasteiger partial charge in [-0.3, -0.25) is 0 Å². The number of nitrogens with zero attached hydrogens (tertiary/aromatic N) is 2. The van der Waals surface area contributed by atoms with E-state index in [1.54, 1.807) is 0 Å². The summed E-state index contributed by atoms with van der Waals surface area (Å²) in [4.78, 5) is 2.33. The Morgan fingerprint density at radius 1 is 0.557 bits per heavy atom. The normalized spacial score (nSPS) is 12.6. The number of fused-ring (bicyclic) bond motifs is 6. The molecule has 300 valence electrons. The van der Waals surface area contributed by atoms with Crippen molar-refractivity contribution in [2.75, 3.05) is 4.90 Å². The lowest BCUT2D eigenvalue weighted by atomic mass is 9.80. The van der Waals surface area contributed by atoms with Gasteiger partial charge in [-0.25, -0.2) is 0 Å². The molecule has 0 spiro atoms. The Balaban J connectivity index is 0.00000253. The lowest BCUT2D eigenvalue weighted by Gasteiger charge is -2.33. The maximum Gasteiger partial charge on any atom is 0.0547 e. The molecule has 1 aliphatic carbocycles. The average molecular weight is 791 g/mol. The van der Waals surface area contributed by atoms with Crippen molar-refractivity contribution >= 4 is 45.3 Å². The first-order valence-corrected chi connectivity index (χ1v) is 21.3. The number of hydrogen-bond donors (Lipinski definition) is 0. The lowest BCUT2D eigenvalue weighted by Crippen LogP contribution is -2.21. The second kappa shape index (κ2) is 16.5. The minimum atomic E-state index is -0.330. The van der Waals surface area contributed by atoms with Crippen LogP contribution in [0.25, 0.3) is 73.0 Å². The van der Waals surface area contributed by atoms with Gasteiger partial charge in [-0.1, -0.05) is 169 Å². The van der Waals surface area contributed by atoms with Gasteiger partial charge in [0.15, 0.2) is 0 Å². The van der Waals surface area contributed by atoms with Crippen molar-refractivity contribution in [3.8, 4) is 39.1 Å². The molecular formula is C59H54N2. The summed E-state index contributed by atoms with van der Waals surface area (Å²) in [6, 6.07) is 50.8. The molecule has 0 bridgehead atoms. The van der Waals surface area contributed by atoms with Crippen LogP contribution in [0.15, 0.2) is 190 Å². The highest BCUT2D eigenvalue weighted by Gasteiger charge is 2.39. The molecule has 1 aliphatic rings. The number of aryl methyl sites for hydroxylation is 2. The van der Waals surface area contributed by atoms with E-state index in [0.29, 0.717) is 0 Å². The smallest absolute Gasteiger partial charge is 0.0547 e. The SMILES string of the molecule is C=C/C=C(\C=C)N(c1cc2c(c(C=C)c1C=C)-c1ccc(-c3ccc4c5ccccc5n(-c5ccccc5)c4c3)cc1C2(C)C)c1cccc(C)c1-c1ccccc1C.CC. The van der Waals surface area contributed by atoms with E-state index in [1.807, 2.05) is 44.2 Å². The molecule has 0 unspecified atom stereocenters. The Morgan fingerprint density at radius 3 is 1.93 bits per heavy atom. The zero-order valence-corrected chi connectivity index (χ0v) is 36.4. The molecule has 7 aromatic carbocycles. The van der Waals surface area contributed by atoms with Crippen molar-refractivity contribution in [2.24, 2.45) is 0 Å². The van der Waals surface area contributed by atoms with E-state index in [0.717, 1.165) is 33.9 Å². The number of para-hydroxylation sites is 2. The molecular weight excluding hydrogens is 737 g/mol. The molecule has 2 heteroatoms. The topological polar surface area (TPSA) is 8.17 Å². The number of hydrogen-bond acceptors (Lipinski definition) is 1. The van der Waals surface area contributed by atoms with E-state index in [4.69, 9.17) is 0 Å². The van der Waals surface area contributed by atoms with E-state index in [1.165, 1.54) is 77.4 Å². The highest BCUT2D eigenvalue weighted by Crippen LogP contribution is 2.55. The monoisotopic (exact) mass is 790 g/mol. The minimum absolute atomic E-state index is 0.330. The van der Waals surface area contributed by atoms with Crippen molar-refractivity contribution in [3.63, 3.8) is 0 Å². The molecule has 0 saturated carbocycles. The molecule has 0 radical (unpaired) electrons. The van der Waals surface area contributed by atoms with Crippen LogP contribution in [0.5, 0.6) is 0 Å². The fourth-order valence-corrected chi connectivity index (χ4v) is 9.51. The highest BCUT2D eigenvalue weighted by molar-refractivity contribution is 6.10. The van der Waals surface area contributed by atoms with Gasteiger partial charge in [0.1, 0.15) is 0 Å². The molecule has 1 heterocycles. The third-order valence-corrected chi connectivity index (χ3v) is 12.4. The van der Waals surface area contributed by atoms with Crippen LogP contribution in [-0.4, -0.2) is 4.57 Å². The van der Waals surface area contributed by atoms with E-state index >= 15 is 0 Å². The van der Waals surface area contributed by atoms with Gasteiger partial charge in [-0.05, 0) is 124 Å². The van der Waals surface area contributed by atoms with Crippen LogP contribution in [0.4, 0.5) is 11.4 Å². The summed E-state index contributed by atoms with van der Waals surface area (Å²) in [7, 11) is 0. The maximum atomic E-state index is 4.43. The van der Waals surface area contributed by atoms with Gasteiger partial charge in [-0.2, -0.15) is 0 Å². The van der Waals surface area contributed by atoms with Gasteiger partial charge in [-0.15, -0.1) is 0 Å². The van der Waals surface area contributed by atoms with E-state index in [9.17, 15) is 0 Å². The Hall–Kier alpha value is -7.16. The van der Waals surface area contributed by atoms with Crippen LogP contribution >= 0.6 is 0 Å². The fraction of sp³-hybridized carbons (Fsp3) is 0.119. The van der Waals surface area contributed by atoms with Crippen LogP contribution in [0.2, 0.25) is 0 Å². The molecule has 0 N–H and O–H groups in total. The summed E-state index contributed by atoms with van der Waals surface area (Å²) in [5.74, 6) is 0. The average Bonchev–Trinajstić information content (AvgIpc) is 3.74. The summed E-state index contributed by atoms with van der Waals surface area (Å²) in [5.41, 5.74) is 20.4. The number of benzene rings is 7. The Morgan fingerprint density at radius 2 is 1.21 bits per heavy atom. The highest BCUT2D eigenvalue weighted by atomic mass is 15.2. The third kappa shape index (κ3) is 6.60. The fourth-order valence-electron chi connectivity index (χ4n) is 9.51. The van der Waals surface area contributed by atoms with E-state index in [-0.39, 0.29) is 5.41 Å². The van der Waals surface area contributed by atoms with Crippen LogP contribution in [0.1, 0.15) is 61.1 Å². The molecule has 1 aromatic heterocycles. The zero-order chi connectivity index (χ0) is 43.0. The first kappa shape index (κ1) is 40.6. The second-order valence-electron chi connectivity index (χ2n) is 16.0. The second-order valence-corrected chi connectivity index (χ2v) is 16.0. The van der Waals surface area contributed by atoms with E-state index < -0.39 is 0 Å². The molecule has 61 heavy (non-hydrogen) atoms. The maximum absolute atomic E-state index is 4.43. The predicted octanol–water partition coefficient (Wildman–Crippen LogP) is 16.7. The number of aromatic nitrogens is 1. The Labute approximate surface area is 362 Å². The van der Waals surface area contributed by atoms with Crippen LogP contribution in [-0.2, 0) is 5.41 Å². The third-order valence-electron chi connectivity index (χ3n) is 12.4. The number of anilines is 2. The van der Waals surface area contributed by atoms with Crippen molar-refractivity contribution < 1.29 is 0 Å².